The largest absolute Gasteiger partial charge is 0.398 e. The van der Waals surface area contributed by atoms with Gasteiger partial charge in [-0.3, -0.25) is 9.69 Å². The molecule has 0 spiro atoms. The van der Waals surface area contributed by atoms with Crippen LogP contribution in [0.3, 0.4) is 0 Å². The zero-order valence-electron chi connectivity index (χ0n) is 11.6. The van der Waals surface area contributed by atoms with Gasteiger partial charge in [-0.05, 0) is 31.7 Å². The van der Waals surface area contributed by atoms with E-state index >= 15 is 0 Å². The predicted octanol–water partition coefficient (Wildman–Crippen LogP) is 1.76. The summed E-state index contributed by atoms with van der Waals surface area (Å²) in [5.74, 6) is -0.461. The maximum Gasteiger partial charge on any atom is 0.248 e. The minimum absolute atomic E-state index is 0.437. The molecule has 2 aromatic rings. The van der Waals surface area contributed by atoms with E-state index in [1.54, 1.807) is 23.5 Å². The Labute approximate surface area is 122 Å². The predicted molar refractivity (Wildman–Crippen MR) is 81.4 cm³/mol. The van der Waals surface area contributed by atoms with Gasteiger partial charge in [0.05, 0.1) is 11.2 Å². The molecule has 0 aliphatic carbocycles. The minimum atomic E-state index is -0.461. The lowest BCUT2D eigenvalue weighted by molar-refractivity contribution is 0.100. The van der Waals surface area contributed by atoms with Gasteiger partial charge in [-0.15, -0.1) is 11.3 Å². The molecule has 1 amide bonds. The minimum Gasteiger partial charge on any atom is -0.398 e. The van der Waals surface area contributed by atoms with E-state index in [2.05, 4.69) is 9.88 Å². The Morgan fingerprint density at radius 3 is 2.70 bits per heavy atom. The summed E-state index contributed by atoms with van der Waals surface area (Å²) in [6, 6.07) is 5.19. The third-order valence-electron chi connectivity index (χ3n) is 3.13. The number of nitrogen functional groups attached to an aromatic ring is 1. The molecule has 0 saturated heterocycles. The molecule has 1 aromatic heterocycles. The first-order valence-corrected chi connectivity index (χ1v) is 7.11. The molecule has 0 aliphatic rings. The zero-order chi connectivity index (χ0) is 14.7. The Morgan fingerprint density at radius 1 is 1.40 bits per heavy atom. The van der Waals surface area contributed by atoms with Gasteiger partial charge in [0.1, 0.15) is 0 Å². The number of amides is 1. The zero-order valence-corrected chi connectivity index (χ0v) is 12.4. The Kier molecular flexibility index (Phi) is 4.36. The van der Waals surface area contributed by atoms with E-state index in [1.807, 2.05) is 25.5 Å². The summed E-state index contributed by atoms with van der Waals surface area (Å²) in [6.07, 6.45) is 0. The molecule has 0 fully saturated rings. The number of nitrogens with zero attached hydrogens (tertiary/aromatic N) is 2. The van der Waals surface area contributed by atoms with Crippen molar-refractivity contribution in [1.82, 2.24) is 9.88 Å². The van der Waals surface area contributed by atoms with Gasteiger partial charge in [-0.2, -0.15) is 0 Å². The lowest BCUT2D eigenvalue weighted by Gasteiger charge is -2.17. The van der Waals surface area contributed by atoms with E-state index in [0.29, 0.717) is 17.8 Å². The molecular weight excluding hydrogens is 272 g/mol. The summed E-state index contributed by atoms with van der Waals surface area (Å²) >= 11 is 1.65. The number of carbonyl (C=O) groups is 1. The smallest absolute Gasteiger partial charge is 0.248 e. The number of aryl methyl sites for hydroxylation is 1. The van der Waals surface area contributed by atoms with Crippen molar-refractivity contribution in [2.45, 2.75) is 20.0 Å². The number of hydrogen-bond acceptors (Lipinski definition) is 5. The Bertz CT molecular complexity index is 623. The highest BCUT2D eigenvalue weighted by Crippen LogP contribution is 2.19. The van der Waals surface area contributed by atoms with E-state index in [9.17, 15) is 4.79 Å². The van der Waals surface area contributed by atoms with Crippen molar-refractivity contribution in [3.63, 3.8) is 0 Å². The summed E-state index contributed by atoms with van der Waals surface area (Å²) in [7, 11) is 2.03. The van der Waals surface area contributed by atoms with Crippen molar-refractivity contribution >= 4 is 22.9 Å². The molecule has 0 atom stereocenters. The summed E-state index contributed by atoms with van der Waals surface area (Å²) in [5, 5.41) is 0. The molecule has 6 heteroatoms. The SMILES string of the molecule is Cc1ncsc1CN(C)Cc1ccc(C(N)=O)cc1N. The quantitative estimate of drug-likeness (QED) is 0.822. The molecule has 0 aliphatic heterocycles. The fourth-order valence-electron chi connectivity index (χ4n) is 1.96. The average Bonchev–Trinajstić information content (AvgIpc) is 2.77. The van der Waals surface area contributed by atoms with Crippen LogP contribution in [0.4, 0.5) is 5.69 Å². The number of benzene rings is 1. The van der Waals surface area contributed by atoms with Crippen LogP contribution in [0.1, 0.15) is 26.5 Å². The van der Waals surface area contributed by atoms with Crippen LogP contribution >= 0.6 is 11.3 Å². The first-order valence-electron chi connectivity index (χ1n) is 6.23. The number of rotatable bonds is 5. The van der Waals surface area contributed by atoms with Crippen LogP contribution in [0.25, 0.3) is 0 Å². The monoisotopic (exact) mass is 290 g/mol. The van der Waals surface area contributed by atoms with E-state index in [4.69, 9.17) is 11.5 Å². The summed E-state index contributed by atoms with van der Waals surface area (Å²) in [6.45, 7) is 3.55. The highest BCUT2D eigenvalue weighted by atomic mass is 32.1. The van der Waals surface area contributed by atoms with Gasteiger partial charge in [0.2, 0.25) is 5.91 Å². The Hall–Kier alpha value is -1.92. The first kappa shape index (κ1) is 14.5. The van der Waals surface area contributed by atoms with Gasteiger partial charge in [-0.1, -0.05) is 6.07 Å². The molecule has 0 unspecified atom stereocenters. The second kappa shape index (κ2) is 6.02. The van der Waals surface area contributed by atoms with Crippen molar-refractivity contribution in [3.8, 4) is 0 Å². The van der Waals surface area contributed by atoms with Crippen molar-refractivity contribution in [3.05, 3.63) is 45.4 Å². The number of hydrogen-bond donors (Lipinski definition) is 2. The van der Waals surface area contributed by atoms with Crippen molar-refractivity contribution < 1.29 is 4.79 Å². The number of primary amides is 1. The third kappa shape index (κ3) is 3.34. The van der Waals surface area contributed by atoms with Crippen LogP contribution in [0.15, 0.2) is 23.7 Å². The lowest BCUT2D eigenvalue weighted by Crippen LogP contribution is -2.18. The molecule has 20 heavy (non-hydrogen) atoms. The normalized spacial score (nSPS) is 10.9. The Balaban J connectivity index is 2.06. The number of thiazole rings is 1. The van der Waals surface area contributed by atoms with Crippen molar-refractivity contribution in [2.75, 3.05) is 12.8 Å². The van der Waals surface area contributed by atoms with E-state index in [0.717, 1.165) is 17.8 Å². The summed E-state index contributed by atoms with van der Waals surface area (Å²) < 4.78 is 0. The van der Waals surface area contributed by atoms with Crippen LogP contribution in [0.2, 0.25) is 0 Å². The third-order valence-corrected chi connectivity index (χ3v) is 4.05. The van der Waals surface area contributed by atoms with Crippen LogP contribution in [0, 0.1) is 6.92 Å². The molecule has 1 heterocycles. The molecular formula is C14H18N4OS. The number of carbonyl (C=O) groups excluding carboxylic acids is 1. The van der Waals surface area contributed by atoms with Crippen LogP contribution in [-0.4, -0.2) is 22.8 Å². The number of anilines is 1. The number of nitrogens with two attached hydrogens (primary N) is 2. The maximum absolute atomic E-state index is 11.1. The van der Waals surface area contributed by atoms with Gasteiger partial charge < -0.3 is 11.5 Å². The van der Waals surface area contributed by atoms with Crippen LogP contribution in [-0.2, 0) is 13.1 Å². The summed E-state index contributed by atoms with van der Waals surface area (Å²) in [4.78, 5) is 18.7. The van der Waals surface area contributed by atoms with Crippen molar-refractivity contribution in [2.24, 2.45) is 5.73 Å². The van der Waals surface area contributed by atoms with E-state index in [1.165, 1.54) is 4.88 Å². The van der Waals surface area contributed by atoms with Crippen LogP contribution < -0.4 is 11.5 Å². The fourth-order valence-corrected chi connectivity index (χ4v) is 2.82. The molecule has 0 radical (unpaired) electrons. The van der Waals surface area contributed by atoms with E-state index in [-0.39, 0.29) is 0 Å². The highest BCUT2D eigenvalue weighted by molar-refractivity contribution is 7.09. The van der Waals surface area contributed by atoms with Gasteiger partial charge in [0, 0.05) is 29.2 Å². The lowest BCUT2D eigenvalue weighted by atomic mass is 10.1. The number of aromatic nitrogens is 1. The van der Waals surface area contributed by atoms with Crippen molar-refractivity contribution in [1.29, 1.82) is 0 Å². The molecule has 0 bridgehead atoms. The topological polar surface area (TPSA) is 85.2 Å². The van der Waals surface area contributed by atoms with Gasteiger partial charge in [0.25, 0.3) is 0 Å². The van der Waals surface area contributed by atoms with Gasteiger partial charge in [-0.25, -0.2) is 4.98 Å². The van der Waals surface area contributed by atoms with E-state index < -0.39 is 5.91 Å². The average molecular weight is 290 g/mol. The summed E-state index contributed by atoms with van der Waals surface area (Å²) in [5.41, 5.74) is 16.1. The standard InChI is InChI=1S/C14H18N4OS/c1-9-13(20-8-17-9)7-18(2)6-11-4-3-10(14(16)19)5-12(11)15/h3-5,8H,6-7,15H2,1-2H3,(H2,16,19). The molecule has 5 nitrogen and oxygen atoms in total. The van der Waals surface area contributed by atoms with Crippen LogP contribution in [0.5, 0.6) is 0 Å². The fraction of sp³-hybridized carbons (Fsp3) is 0.286. The second-order valence-electron chi connectivity index (χ2n) is 4.81. The second-order valence-corrected chi connectivity index (χ2v) is 5.75. The molecule has 2 rings (SSSR count). The Morgan fingerprint density at radius 2 is 2.15 bits per heavy atom. The van der Waals surface area contributed by atoms with Gasteiger partial charge in [0.15, 0.2) is 0 Å². The molecule has 0 saturated carbocycles. The first-order chi connectivity index (χ1) is 9.47. The molecule has 4 N–H and O–H groups in total. The highest BCUT2D eigenvalue weighted by Gasteiger charge is 2.09. The maximum atomic E-state index is 11.1. The molecule has 106 valence electrons. The molecule has 1 aromatic carbocycles. The van der Waals surface area contributed by atoms with Gasteiger partial charge >= 0.3 is 0 Å².